The standard InChI is InChI=1S/C36H44N2O6/c39-35(40)15-6-7-23-38(32-13-8-12-31-30(32)20-21-34(37-31)44-36(41)42)24-22-29-11-4-5-14-33(29)43-25-26-16-18-28(19-17-26)27-9-2-1-3-10-27/h4-5,11,14,16-21,27,32H,1-3,6-10,12-13,15,22-25H2,(H,39,40)(H,41,42). The van der Waals surface area contributed by atoms with Gasteiger partial charge in [0.05, 0.1) is 0 Å². The molecule has 1 saturated carbocycles. The minimum atomic E-state index is -1.37. The molecule has 1 fully saturated rings. The highest BCUT2D eigenvalue weighted by molar-refractivity contribution is 5.66. The Balaban J connectivity index is 1.25. The quantitative estimate of drug-likeness (QED) is 0.142. The van der Waals surface area contributed by atoms with Gasteiger partial charge in [0.2, 0.25) is 5.88 Å². The first-order valence-electron chi connectivity index (χ1n) is 16.1. The van der Waals surface area contributed by atoms with Crippen LogP contribution >= 0.6 is 0 Å². The molecule has 2 N–H and O–H groups in total. The lowest BCUT2D eigenvalue weighted by atomic mass is 9.84. The van der Waals surface area contributed by atoms with Crippen LogP contribution in [-0.4, -0.2) is 45.3 Å². The summed E-state index contributed by atoms with van der Waals surface area (Å²) in [6.45, 7) is 2.06. The zero-order valence-corrected chi connectivity index (χ0v) is 25.5. The van der Waals surface area contributed by atoms with E-state index in [2.05, 4.69) is 40.2 Å². The topological polar surface area (TPSA) is 109 Å². The van der Waals surface area contributed by atoms with Gasteiger partial charge >= 0.3 is 12.1 Å². The van der Waals surface area contributed by atoms with Crippen LogP contribution in [0.4, 0.5) is 4.79 Å². The molecule has 1 atom stereocenters. The summed E-state index contributed by atoms with van der Waals surface area (Å²) < 4.78 is 11.2. The molecular formula is C36H44N2O6. The van der Waals surface area contributed by atoms with Gasteiger partial charge in [-0.2, -0.15) is 0 Å². The van der Waals surface area contributed by atoms with Crippen molar-refractivity contribution in [3.63, 3.8) is 0 Å². The fraction of sp³-hybridized carbons (Fsp3) is 0.472. The fourth-order valence-corrected chi connectivity index (χ4v) is 6.75. The molecule has 0 radical (unpaired) electrons. The second kappa shape index (κ2) is 15.7. The second-order valence-electron chi connectivity index (χ2n) is 12.1. The van der Waals surface area contributed by atoms with Crippen LogP contribution in [0.3, 0.4) is 0 Å². The number of carboxylic acid groups (broad SMARTS) is 2. The minimum absolute atomic E-state index is 0.0969. The van der Waals surface area contributed by atoms with Gasteiger partial charge in [-0.25, -0.2) is 9.78 Å². The number of hydrogen-bond acceptors (Lipinski definition) is 6. The van der Waals surface area contributed by atoms with E-state index in [0.717, 1.165) is 73.3 Å². The maximum absolute atomic E-state index is 11.1. The van der Waals surface area contributed by atoms with E-state index in [1.807, 2.05) is 24.3 Å². The van der Waals surface area contributed by atoms with Crippen LogP contribution in [0, 0.1) is 0 Å². The predicted molar refractivity (Wildman–Crippen MR) is 168 cm³/mol. The van der Waals surface area contributed by atoms with E-state index in [0.29, 0.717) is 18.9 Å². The Morgan fingerprint density at radius 2 is 1.66 bits per heavy atom. The Labute approximate surface area is 260 Å². The number of aryl methyl sites for hydroxylation is 1. The lowest BCUT2D eigenvalue weighted by Gasteiger charge is -2.36. The van der Waals surface area contributed by atoms with Crippen LogP contribution in [0.15, 0.2) is 60.7 Å². The van der Waals surface area contributed by atoms with Gasteiger partial charge in [-0.3, -0.25) is 9.69 Å². The fourth-order valence-electron chi connectivity index (χ4n) is 6.75. The number of carboxylic acids is 1. The molecule has 8 nitrogen and oxygen atoms in total. The van der Waals surface area contributed by atoms with Crippen molar-refractivity contribution in [2.45, 2.75) is 95.6 Å². The molecule has 2 aliphatic rings. The molecule has 1 heterocycles. The average molecular weight is 601 g/mol. The number of aromatic nitrogens is 1. The monoisotopic (exact) mass is 600 g/mol. The number of unbranched alkanes of at least 4 members (excludes halogenated alkanes) is 1. The third-order valence-corrected chi connectivity index (χ3v) is 9.04. The van der Waals surface area contributed by atoms with Gasteiger partial charge in [0.1, 0.15) is 12.4 Å². The van der Waals surface area contributed by atoms with Crippen molar-refractivity contribution >= 4 is 12.1 Å². The molecule has 234 valence electrons. The van der Waals surface area contributed by atoms with Crippen LogP contribution in [-0.2, 0) is 24.2 Å². The number of carbonyl (C=O) groups is 2. The van der Waals surface area contributed by atoms with Crippen molar-refractivity contribution in [2.24, 2.45) is 0 Å². The molecule has 0 saturated heterocycles. The van der Waals surface area contributed by atoms with Crippen molar-refractivity contribution in [1.29, 1.82) is 0 Å². The molecule has 3 aromatic rings. The molecule has 0 amide bonds. The summed E-state index contributed by atoms with van der Waals surface area (Å²) in [7, 11) is 0. The van der Waals surface area contributed by atoms with Gasteiger partial charge in [-0.1, -0.05) is 67.8 Å². The van der Waals surface area contributed by atoms with Gasteiger partial charge in [0, 0.05) is 30.8 Å². The molecule has 0 bridgehead atoms. The van der Waals surface area contributed by atoms with Crippen LogP contribution in [0.5, 0.6) is 11.6 Å². The summed E-state index contributed by atoms with van der Waals surface area (Å²) in [5, 5.41) is 18.2. The van der Waals surface area contributed by atoms with Gasteiger partial charge in [0.25, 0.3) is 0 Å². The molecular weight excluding hydrogens is 556 g/mol. The Morgan fingerprint density at radius 3 is 2.43 bits per heavy atom. The summed E-state index contributed by atoms with van der Waals surface area (Å²) in [6.07, 6.45) is 10.3. The Bertz CT molecular complexity index is 1390. The van der Waals surface area contributed by atoms with Crippen LogP contribution in [0.2, 0.25) is 0 Å². The largest absolute Gasteiger partial charge is 0.512 e. The normalized spacial score (nSPS) is 16.8. The lowest BCUT2D eigenvalue weighted by Crippen LogP contribution is -2.34. The van der Waals surface area contributed by atoms with E-state index < -0.39 is 12.1 Å². The summed E-state index contributed by atoms with van der Waals surface area (Å²) in [6, 6.07) is 20.8. The average Bonchev–Trinajstić information content (AvgIpc) is 3.04. The van der Waals surface area contributed by atoms with Gasteiger partial charge in [-0.15, -0.1) is 0 Å². The molecule has 8 heteroatoms. The number of pyridine rings is 1. The minimum Gasteiger partial charge on any atom is -0.489 e. The number of hydrogen-bond donors (Lipinski definition) is 2. The maximum atomic E-state index is 11.1. The number of fused-ring (bicyclic) bond motifs is 1. The van der Waals surface area contributed by atoms with E-state index in [1.54, 1.807) is 6.07 Å². The predicted octanol–water partition coefficient (Wildman–Crippen LogP) is 7.94. The molecule has 2 aromatic carbocycles. The van der Waals surface area contributed by atoms with Crippen LogP contribution in [0.1, 0.15) is 104 Å². The number of para-hydroxylation sites is 1. The number of nitrogens with zero attached hydrogens (tertiary/aromatic N) is 2. The zero-order valence-electron chi connectivity index (χ0n) is 25.5. The third-order valence-electron chi connectivity index (χ3n) is 9.04. The molecule has 0 aliphatic heterocycles. The van der Waals surface area contributed by atoms with Gasteiger partial charge < -0.3 is 19.7 Å². The maximum Gasteiger partial charge on any atom is 0.512 e. The molecule has 5 rings (SSSR count). The van der Waals surface area contributed by atoms with Crippen LogP contribution < -0.4 is 9.47 Å². The van der Waals surface area contributed by atoms with E-state index >= 15 is 0 Å². The highest BCUT2D eigenvalue weighted by atomic mass is 16.7. The van der Waals surface area contributed by atoms with E-state index in [4.69, 9.17) is 19.7 Å². The number of benzene rings is 2. The first-order chi connectivity index (χ1) is 21.5. The molecule has 1 unspecified atom stereocenters. The molecule has 0 spiro atoms. The van der Waals surface area contributed by atoms with Crippen molar-refractivity contribution < 1.29 is 29.3 Å². The summed E-state index contributed by atoms with van der Waals surface area (Å²) >= 11 is 0. The summed E-state index contributed by atoms with van der Waals surface area (Å²) in [4.78, 5) is 29.1. The lowest BCUT2D eigenvalue weighted by molar-refractivity contribution is -0.137. The third kappa shape index (κ3) is 8.82. The van der Waals surface area contributed by atoms with E-state index in [1.165, 1.54) is 37.7 Å². The van der Waals surface area contributed by atoms with E-state index in [-0.39, 0.29) is 18.3 Å². The Kier molecular flexibility index (Phi) is 11.2. The van der Waals surface area contributed by atoms with Gasteiger partial charge in [-0.05, 0) is 92.1 Å². The number of aliphatic carboxylic acids is 1. The zero-order chi connectivity index (χ0) is 30.7. The number of rotatable bonds is 14. The Hall–Kier alpha value is -3.91. The van der Waals surface area contributed by atoms with E-state index in [9.17, 15) is 9.59 Å². The first kappa shape index (κ1) is 31.5. The van der Waals surface area contributed by atoms with Crippen molar-refractivity contribution in [3.8, 4) is 11.6 Å². The smallest absolute Gasteiger partial charge is 0.489 e. The highest BCUT2D eigenvalue weighted by Gasteiger charge is 2.27. The highest BCUT2D eigenvalue weighted by Crippen LogP contribution is 2.36. The summed E-state index contributed by atoms with van der Waals surface area (Å²) in [5.41, 5.74) is 5.71. The molecule has 44 heavy (non-hydrogen) atoms. The van der Waals surface area contributed by atoms with Crippen molar-refractivity contribution in [1.82, 2.24) is 9.88 Å². The SMILES string of the molecule is O=C(O)CCCCN(CCc1ccccc1OCc1ccc(C2CCCCC2)cc1)C1CCCc2nc(OC(=O)O)ccc21. The summed E-state index contributed by atoms with van der Waals surface area (Å²) in [5.74, 6) is 0.901. The van der Waals surface area contributed by atoms with Crippen LogP contribution in [0.25, 0.3) is 0 Å². The molecule has 2 aliphatic carbocycles. The first-order valence-corrected chi connectivity index (χ1v) is 16.1. The number of ether oxygens (including phenoxy) is 2. The second-order valence-corrected chi connectivity index (χ2v) is 12.1. The van der Waals surface area contributed by atoms with Crippen molar-refractivity contribution in [3.05, 3.63) is 88.6 Å². The molecule has 1 aromatic heterocycles. The van der Waals surface area contributed by atoms with Crippen molar-refractivity contribution in [2.75, 3.05) is 13.1 Å². The Morgan fingerprint density at radius 1 is 0.864 bits per heavy atom. The van der Waals surface area contributed by atoms with Gasteiger partial charge in [0.15, 0.2) is 0 Å².